The van der Waals surface area contributed by atoms with E-state index in [-0.39, 0.29) is 26.8 Å². The van der Waals surface area contributed by atoms with Crippen molar-refractivity contribution in [3.8, 4) is 61.9 Å². The summed E-state index contributed by atoms with van der Waals surface area (Å²) in [5, 5.41) is 13.0. The number of hydrogen-bond donors (Lipinski definition) is 1. The first kappa shape index (κ1) is 31.5. The van der Waals surface area contributed by atoms with Gasteiger partial charge in [0.2, 0.25) is 0 Å². The van der Waals surface area contributed by atoms with Gasteiger partial charge in [0.1, 0.15) is 22.6 Å². The minimum absolute atomic E-state index is 0. The molecule has 0 aliphatic carbocycles. The van der Waals surface area contributed by atoms with Gasteiger partial charge in [-0.3, -0.25) is 9.97 Å². The van der Waals surface area contributed by atoms with Gasteiger partial charge in [-0.15, -0.1) is 24.3 Å². The normalized spacial score (nSPS) is 11.3. The molecule has 0 unspecified atom stereocenters. The van der Waals surface area contributed by atoms with Gasteiger partial charge in [-0.25, -0.2) is 0 Å². The molecule has 5 nitrogen and oxygen atoms in total. The van der Waals surface area contributed by atoms with E-state index in [2.05, 4.69) is 78.9 Å². The maximum Gasteiger partial charge on any atom is 0.144 e. The summed E-state index contributed by atoms with van der Waals surface area (Å²) < 4.78 is 8.62. The van der Waals surface area contributed by atoms with Gasteiger partial charge in [0.25, 0.3) is 0 Å². The number of aromatic nitrogens is 3. The van der Waals surface area contributed by atoms with Crippen molar-refractivity contribution in [1.82, 2.24) is 14.4 Å². The number of nitrogens with zero attached hydrogens (tertiary/aromatic N) is 3. The second kappa shape index (κ2) is 12.6. The molecule has 0 spiro atoms. The Morgan fingerprint density at radius 3 is 2.18 bits per heavy atom. The van der Waals surface area contributed by atoms with Crippen LogP contribution in [0.5, 0.6) is 5.75 Å². The Morgan fingerprint density at radius 1 is 0.640 bits per heavy atom. The summed E-state index contributed by atoms with van der Waals surface area (Å²) in [5.74, 6) is 0.187. The van der Waals surface area contributed by atoms with Crippen molar-refractivity contribution in [2.75, 3.05) is 0 Å². The van der Waals surface area contributed by atoms with Crippen LogP contribution in [0.1, 0.15) is 11.1 Å². The number of aryl methyl sites for hydroxylation is 2. The number of benzene rings is 5. The first-order valence-corrected chi connectivity index (χ1v) is 16.3. The molecular weight excluding hydrogens is 798 g/mol. The first-order valence-electron chi connectivity index (χ1n) is 16.3. The molecule has 0 fully saturated rings. The molecule has 5 aromatic carbocycles. The zero-order valence-electron chi connectivity index (χ0n) is 27.3. The smallest absolute Gasteiger partial charge is 0.144 e. The number of imidazole rings is 1. The van der Waals surface area contributed by atoms with Gasteiger partial charge in [-0.1, -0.05) is 83.9 Å². The van der Waals surface area contributed by atoms with E-state index in [0.717, 1.165) is 72.5 Å². The molecule has 9 aromatic rings. The monoisotopic (exact) mass is 827 g/mol. The zero-order chi connectivity index (χ0) is 33.1. The van der Waals surface area contributed by atoms with Crippen LogP contribution >= 0.6 is 0 Å². The van der Waals surface area contributed by atoms with E-state index in [4.69, 9.17) is 14.4 Å². The Bertz CT molecular complexity index is 2700. The molecule has 244 valence electrons. The van der Waals surface area contributed by atoms with Crippen LogP contribution in [0.3, 0.4) is 0 Å². The largest absolute Gasteiger partial charge is 0.507 e. The van der Waals surface area contributed by atoms with Gasteiger partial charge >= 0.3 is 0 Å². The number of para-hydroxylation sites is 3. The minimum Gasteiger partial charge on any atom is -0.507 e. The average molecular weight is 828 g/mol. The Balaban J connectivity index is 0.00000361. The number of phenols is 1. The molecule has 4 heterocycles. The van der Waals surface area contributed by atoms with Crippen LogP contribution in [0.4, 0.5) is 0 Å². The third-order valence-corrected chi connectivity index (χ3v) is 9.29. The van der Waals surface area contributed by atoms with E-state index in [1.54, 1.807) is 6.07 Å². The summed E-state index contributed by atoms with van der Waals surface area (Å²) in [4.78, 5) is 10.3. The summed E-state index contributed by atoms with van der Waals surface area (Å²) in [5.41, 5.74) is 13.5. The van der Waals surface area contributed by atoms with Gasteiger partial charge in [0, 0.05) is 60.5 Å². The fourth-order valence-corrected chi connectivity index (χ4v) is 7.04. The number of phenolic OH excluding ortho intramolecular Hbond substituents is 1. The molecule has 0 atom stereocenters. The second-order valence-corrected chi connectivity index (χ2v) is 12.4. The van der Waals surface area contributed by atoms with Crippen molar-refractivity contribution in [2.24, 2.45) is 0 Å². The summed E-state index contributed by atoms with van der Waals surface area (Å²) in [6, 6.07) is 48.1. The van der Waals surface area contributed by atoms with Gasteiger partial charge in [-0.2, -0.15) is 0 Å². The Hall–Kier alpha value is -5.77. The van der Waals surface area contributed by atoms with Crippen molar-refractivity contribution in [3.05, 3.63) is 157 Å². The van der Waals surface area contributed by atoms with Crippen molar-refractivity contribution >= 4 is 27.6 Å². The Labute approximate surface area is 303 Å². The van der Waals surface area contributed by atoms with E-state index in [1.165, 1.54) is 11.1 Å². The minimum atomic E-state index is 0. The van der Waals surface area contributed by atoms with Crippen LogP contribution in [-0.2, 0) is 21.1 Å². The van der Waals surface area contributed by atoms with Gasteiger partial charge < -0.3 is 13.9 Å². The van der Waals surface area contributed by atoms with Crippen LogP contribution in [0.25, 0.3) is 83.7 Å². The van der Waals surface area contributed by atoms with E-state index in [0.29, 0.717) is 11.3 Å². The van der Waals surface area contributed by atoms with E-state index >= 15 is 0 Å². The zero-order valence-corrected chi connectivity index (χ0v) is 29.6. The predicted octanol–water partition coefficient (Wildman–Crippen LogP) is 11.1. The van der Waals surface area contributed by atoms with Crippen LogP contribution in [0.2, 0.25) is 0 Å². The van der Waals surface area contributed by atoms with Crippen LogP contribution in [0.15, 0.2) is 144 Å². The third kappa shape index (κ3) is 5.22. The predicted molar refractivity (Wildman–Crippen MR) is 197 cm³/mol. The van der Waals surface area contributed by atoms with Crippen LogP contribution in [0, 0.1) is 19.9 Å². The van der Waals surface area contributed by atoms with Crippen LogP contribution in [-0.4, -0.2) is 19.5 Å². The fraction of sp³-hybridized carbons (Fsp3) is 0.0455. The first-order chi connectivity index (χ1) is 24.0. The molecule has 0 amide bonds. The summed E-state index contributed by atoms with van der Waals surface area (Å²) in [6.45, 7) is 4.25. The number of rotatable bonds is 5. The average Bonchev–Trinajstić information content (AvgIpc) is 3.71. The van der Waals surface area contributed by atoms with Crippen molar-refractivity contribution < 1.29 is 30.6 Å². The van der Waals surface area contributed by atoms with E-state index in [9.17, 15) is 5.11 Å². The molecule has 0 saturated carbocycles. The standard InChI is InChI=1S/C44H30N3O2.Pt/c1-27-12-9-13-28(2)41(27)31-25-36(45-37(26-31)34-17-3-5-20-38(34)48)29-14-10-15-30(24-29)42-43(47-23-8-7-22-40(47)46-42)35-19-11-18-33-32-16-4-6-21-39(32)49-44(33)35;/h3-23,25-26,48H,1-2H3;/q-1;. The number of aromatic hydroxyl groups is 1. The number of hydrogen-bond acceptors (Lipinski definition) is 4. The van der Waals surface area contributed by atoms with Crippen molar-refractivity contribution in [1.29, 1.82) is 0 Å². The van der Waals surface area contributed by atoms with Crippen LogP contribution < -0.4 is 0 Å². The molecular formula is C44H30N3O2Pt-. The maximum atomic E-state index is 10.9. The molecule has 9 rings (SSSR count). The van der Waals surface area contributed by atoms with Gasteiger partial charge in [0.15, 0.2) is 0 Å². The molecule has 6 heteroatoms. The summed E-state index contributed by atoms with van der Waals surface area (Å²) >= 11 is 0. The summed E-state index contributed by atoms with van der Waals surface area (Å²) in [6.07, 6.45) is 2.04. The quantitative estimate of drug-likeness (QED) is 0.176. The SMILES string of the molecule is Cc1cccc(C)c1-c1cc(-c2[c-]c(-c3nc4ccccn4c3-c3cccc4c3oc3ccccc34)ccc2)nc(-c2ccccc2O)c1.[Pt]. The van der Waals surface area contributed by atoms with Gasteiger partial charge in [0.05, 0.1) is 11.4 Å². The fourth-order valence-electron chi connectivity index (χ4n) is 7.04. The van der Waals surface area contributed by atoms with E-state index < -0.39 is 0 Å². The second-order valence-electron chi connectivity index (χ2n) is 12.4. The molecule has 0 radical (unpaired) electrons. The third-order valence-electron chi connectivity index (χ3n) is 9.29. The number of fused-ring (bicyclic) bond motifs is 4. The van der Waals surface area contributed by atoms with Crippen molar-refractivity contribution in [2.45, 2.75) is 13.8 Å². The Morgan fingerprint density at radius 2 is 1.32 bits per heavy atom. The maximum absolute atomic E-state index is 10.9. The summed E-state index contributed by atoms with van der Waals surface area (Å²) in [7, 11) is 0. The van der Waals surface area contributed by atoms with E-state index in [1.807, 2.05) is 79.0 Å². The topological polar surface area (TPSA) is 63.6 Å². The Kier molecular flexibility index (Phi) is 7.93. The van der Waals surface area contributed by atoms with Gasteiger partial charge in [-0.05, 0) is 78.6 Å². The molecule has 0 aliphatic heterocycles. The molecule has 0 aliphatic rings. The number of furan rings is 1. The number of pyridine rings is 2. The molecule has 4 aromatic heterocycles. The van der Waals surface area contributed by atoms with Crippen molar-refractivity contribution in [3.63, 3.8) is 0 Å². The molecule has 0 bridgehead atoms. The molecule has 50 heavy (non-hydrogen) atoms. The molecule has 1 N–H and O–H groups in total. The molecule has 0 saturated heterocycles.